The van der Waals surface area contributed by atoms with E-state index < -0.39 is 10.2 Å². The zero-order valence-electron chi connectivity index (χ0n) is 11.8. The third kappa shape index (κ3) is 2.06. The van der Waals surface area contributed by atoms with Crippen LogP contribution in [0.4, 0.5) is 15.8 Å². The van der Waals surface area contributed by atoms with Crippen molar-refractivity contribution in [3.63, 3.8) is 0 Å². The van der Waals surface area contributed by atoms with Crippen molar-refractivity contribution in [2.45, 2.75) is 25.4 Å². The summed E-state index contributed by atoms with van der Waals surface area (Å²) in [5, 5.41) is 0. The molecule has 2 aliphatic rings. The zero-order valence-corrected chi connectivity index (χ0v) is 12.6. The van der Waals surface area contributed by atoms with E-state index >= 15 is 0 Å². The molecule has 1 aliphatic heterocycles. The van der Waals surface area contributed by atoms with Crippen LogP contribution in [-0.4, -0.2) is 14.5 Å². The summed E-state index contributed by atoms with van der Waals surface area (Å²) in [5.74, 6) is -0.326. The Bertz CT molecular complexity index is 816. The van der Waals surface area contributed by atoms with Gasteiger partial charge in [-0.05, 0) is 42.7 Å². The molecule has 0 radical (unpaired) electrons. The van der Waals surface area contributed by atoms with Crippen molar-refractivity contribution in [3.8, 4) is 0 Å². The second kappa shape index (κ2) is 4.71. The van der Waals surface area contributed by atoms with Crippen LogP contribution in [0.15, 0.2) is 48.5 Å². The number of para-hydroxylation sites is 2. The van der Waals surface area contributed by atoms with Gasteiger partial charge in [0.1, 0.15) is 5.82 Å². The zero-order chi connectivity index (χ0) is 15.3. The van der Waals surface area contributed by atoms with Crippen molar-refractivity contribution in [3.05, 3.63) is 59.9 Å². The Morgan fingerprint density at radius 3 is 2.27 bits per heavy atom. The molecule has 0 unspecified atom stereocenters. The molecule has 0 amide bonds. The lowest BCUT2D eigenvalue weighted by Gasteiger charge is -2.21. The van der Waals surface area contributed by atoms with Crippen LogP contribution in [0.1, 0.15) is 18.4 Å². The number of benzene rings is 2. The monoisotopic (exact) mass is 318 g/mol. The van der Waals surface area contributed by atoms with Gasteiger partial charge in [-0.25, -0.2) is 13.0 Å². The lowest BCUT2D eigenvalue weighted by molar-refractivity contribution is 0.588. The second-order valence-corrected chi connectivity index (χ2v) is 7.39. The summed E-state index contributed by atoms with van der Waals surface area (Å²) in [7, 11) is -3.56. The van der Waals surface area contributed by atoms with Gasteiger partial charge in [-0.1, -0.05) is 24.3 Å². The molecule has 1 saturated carbocycles. The van der Waals surface area contributed by atoms with Crippen LogP contribution in [0.2, 0.25) is 0 Å². The first-order valence-electron chi connectivity index (χ1n) is 7.23. The quantitative estimate of drug-likeness (QED) is 0.873. The lowest BCUT2D eigenvalue weighted by Crippen LogP contribution is -2.38. The molecule has 0 saturated heterocycles. The van der Waals surface area contributed by atoms with Crippen molar-refractivity contribution < 1.29 is 12.8 Å². The first kappa shape index (κ1) is 13.6. The number of hydrogen-bond donors (Lipinski definition) is 0. The van der Waals surface area contributed by atoms with Crippen LogP contribution in [0.5, 0.6) is 0 Å². The average Bonchev–Trinajstić information content (AvgIpc) is 3.29. The fourth-order valence-corrected chi connectivity index (χ4v) is 4.75. The van der Waals surface area contributed by atoms with Crippen molar-refractivity contribution in [2.75, 3.05) is 8.61 Å². The molecule has 4 rings (SSSR count). The fraction of sp³-hybridized carbons (Fsp3) is 0.250. The highest BCUT2D eigenvalue weighted by Gasteiger charge is 2.47. The van der Waals surface area contributed by atoms with Gasteiger partial charge < -0.3 is 0 Å². The van der Waals surface area contributed by atoms with Gasteiger partial charge in [0.15, 0.2) is 0 Å². The number of fused-ring (bicyclic) bond motifs is 1. The Labute approximate surface area is 129 Å². The van der Waals surface area contributed by atoms with Gasteiger partial charge in [-0.2, -0.15) is 8.42 Å². The molecule has 1 fully saturated rings. The Morgan fingerprint density at radius 2 is 1.64 bits per heavy atom. The van der Waals surface area contributed by atoms with Crippen LogP contribution >= 0.6 is 0 Å². The van der Waals surface area contributed by atoms with E-state index in [9.17, 15) is 12.8 Å². The van der Waals surface area contributed by atoms with Gasteiger partial charge in [0.2, 0.25) is 0 Å². The van der Waals surface area contributed by atoms with Gasteiger partial charge >= 0.3 is 10.2 Å². The van der Waals surface area contributed by atoms with Crippen LogP contribution in [0, 0.1) is 5.82 Å². The minimum Gasteiger partial charge on any atom is -0.248 e. The van der Waals surface area contributed by atoms with Crippen molar-refractivity contribution in [1.82, 2.24) is 0 Å². The third-order valence-electron chi connectivity index (χ3n) is 4.03. The molecular formula is C16H15FN2O2S. The highest BCUT2D eigenvalue weighted by molar-refractivity contribution is 7.94. The summed E-state index contributed by atoms with van der Waals surface area (Å²) in [6, 6.07) is 13.4. The molecule has 2 aromatic rings. The Balaban J connectivity index is 1.76. The van der Waals surface area contributed by atoms with E-state index in [-0.39, 0.29) is 18.4 Å². The predicted octanol–water partition coefficient (Wildman–Crippen LogP) is 3.06. The maximum absolute atomic E-state index is 13.0. The summed E-state index contributed by atoms with van der Waals surface area (Å²) < 4.78 is 41.7. The van der Waals surface area contributed by atoms with E-state index in [4.69, 9.17) is 0 Å². The largest absolute Gasteiger partial charge is 0.327 e. The SMILES string of the molecule is O=S1(=O)N(Cc2ccc(F)cc2)c2ccccc2N1C1CC1. The molecule has 0 atom stereocenters. The molecule has 0 aromatic heterocycles. The van der Waals surface area contributed by atoms with Crippen molar-refractivity contribution >= 4 is 21.6 Å². The number of hydrogen-bond acceptors (Lipinski definition) is 2. The van der Waals surface area contributed by atoms with E-state index in [0.717, 1.165) is 24.1 Å². The maximum atomic E-state index is 13.0. The third-order valence-corrected chi connectivity index (χ3v) is 5.91. The molecule has 2 aromatic carbocycles. The number of rotatable bonds is 3. The molecule has 1 aliphatic carbocycles. The van der Waals surface area contributed by atoms with Gasteiger partial charge in [0.05, 0.1) is 17.9 Å². The first-order valence-corrected chi connectivity index (χ1v) is 8.62. The molecule has 4 nitrogen and oxygen atoms in total. The topological polar surface area (TPSA) is 40.6 Å². The molecule has 0 N–H and O–H groups in total. The summed E-state index contributed by atoms with van der Waals surface area (Å²) >= 11 is 0. The summed E-state index contributed by atoms with van der Waals surface area (Å²) in [6.07, 6.45) is 1.80. The summed E-state index contributed by atoms with van der Waals surface area (Å²) in [5.41, 5.74) is 2.20. The Morgan fingerprint density at radius 1 is 1.00 bits per heavy atom. The smallest absolute Gasteiger partial charge is 0.248 e. The second-order valence-electron chi connectivity index (χ2n) is 5.66. The van der Waals surface area contributed by atoms with E-state index in [1.54, 1.807) is 12.1 Å². The molecule has 22 heavy (non-hydrogen) atoms. The highest BCUT2D eigenvalue weighted by atomic mass is 32.2. The number of nitrogens with zero attached hydrogens (tertiary/aromatic N) is 2. The summed E-state index contributed by atoms with van der Waals surface area (Å²) in [4.78, 5) is 0. The molecule has 0 spiro atoms. The highest BCUT2D eigenvalue weighted by Crippen LogP contribution is 2.47. The standard InChI is InChI=1S/C16H15FN2O2S/c17-13-7-5-12(6-8-13)11-18-15-3-1-2-4-16(15)19(14-9-10-14)22(18,20)21/h1-8,14H,9-11H2. The Hall–Kier alpha value is -2.08. The van der Waals surface area contributed by atoms with Crippen molar-refractivity contribution in [1.29, 1.82) is 0 Å². The molecule has 114 valence electrons. The normalized spacial score (nSPS) is 19.3. The van der Waals surface area contributed by atoms with Gasteiger partial charge in [-0.15, -0.1) is 0 Å². The van der Waals surface area contributed by atoms with Gasteiger partial charge in [0, 0.05) is 6.04 Å². The van der Waals surface area contributed by atoms with Crippen LogP contribution < -0.4 is 8.61 Å². The minimum atomic E-state index is -3.56. The van der Waals surface area contributed by atoms with Crippen LogP contribution in [0.3, 0.4) is 0 Å². The molecular weight excluding hydrogens is 303 g/mol. The van der Waals surface area contributed by atoms with E-state index in [2.05, 4.69) is 0 Å². The average molecular weight is 318 g/mol. The molecule has 0 bridgehead atoms. The molecule has 1 heterocycles. The van der Waals surface area contributed by atoms with E-state index in [1.807, 2.05) is 24.3 Å². The number of halogens is 1. The Kier molecular flexibility index (Phi) is 2.91. The van der Waals surface area contributed by atoms with Crippen molar-refractivity contribution in [2.24, 2.45) is 0 Å². The van der Waals surface area contributed by atoms with E-state index in [0.29, 0.717) is 5.69 Å². The number of anilines is 2. The first-order chi connectivity index (χ1) is 10.6. The summed E-state index contributed by atoms with van der Waals surface area (Å²) in [6.45, 7) is 0.211. The van der Waals surface area contributed by atoms with Gasteiger partial charge in [0.25, 0.3) is 0 Å². The van der Waals surface area contributed by atoms with E-state index in [1.165, 1.54) is 20.7 Å². The minimum absolute atomic E-state index is 0.0735. The fourth-order valence-electron chi connectivity index (χ4n) is 2.83. The maximum Gasteiger partial charge on any atom is 0.327 e. The predicted molar refractivity (Wildman–Crippen MR) is 83.4 cm³/mol. The van der Waals surface area contributed by atoms with Gasteiger partial charge in [-0.3, -0.25) is 0 Å². The van der Waals surface area contributed by atoms with Crippen LogP contribution in [0.25, 0.3) is 0 Å². The molecule has 6 heteroatoms. The lowest BCUT2D eigenvalue weighted by atomic mass is 10.2. The van der Waals surface area contributed by atoms with Crippen LogP contribution in [-0.2, 0) is 16.8 Å².